The summed E-state index contributed by atoms with van der Waals surface area (Å²) in [6.07, 6.45) is 1.63. The number of likely N-dealkylation sites (tertiary alicyclic amines) is 1. The number of thiazole rings is 1. The molecule has 0 bridgehead atoms. The fourth-order valence-electron chi connectivity index (χ4n) is 7.62. The van der Waals surface area contributed by atoms with Gasteiger partial charge in [-0.2, -0.15) is 0 Å². The molecule has 1 aliphatic carbocycles. The number of β-amino-alcohol motifs (C(OH)–C–C–N with tert-alkyl or cyclic N) is 1. The second kappa shape index (κ2) is 28.7. The highest BCUT2D eigenvalue weighted by Gasteiger charge is 2.53. The molecular formula is C50H74ClFN6O11S. The number of benzene rings is 2. The van der Waals surface area contributed by atoms with E-state index in [4.69, 9.17) is 39.9 Å². The van der Waals surface area contributed by atoms with Crippen molar-refractivity contribution in [2.75, 3.05) is 66.0 Å². The maximum absolute atomic E-state index is 14.6. The molecule has 70 heavy (non-hydrogen) atoms. The first-order valence-electron chi connectivity index (χ1n) is 23.9. The second-order valence-corrected chi connectivity index (χ2v) is 19.7. The lowest BCUT2D eigenvalue weighted by molar-refractivity contribution is -0.145. The van der Waals surface area contributed by atoms with Gasteiger partial charge in [-0.1, -0.05) is 57.2 Å². The summed E-state index contributed by atoms with van der Waals surface area (Å²) in [6, 6.07) is 11.6. The first kappa shape index (κ1) is 58.3. The number of hydrogen-bond donors (Lipinski definition) is 5. The van der Waals surface area contributed by atoms with E-state index in [0.29, 0.717) is 70.6 Å². The number of carbonyl (C=O) groups excluding carboxylic acids is 4. The Balaban J connectivity index is 0.0000107. The molecule has 17 nitrogen and oxygen atoms in total. The van der Waals surface area contributed by atoms with Crippen molar-refractivity contribution in [2.45, 2.75) is 129 Å². The van der Waals surface area contributed by atoms with Crippen LogP contribution in [0.15, 0.2) is 48.0 Å². The monoisotopic (exact) mass is 1020 g/mol. The standard InChI is InChI=1S/C50H73FN6O11S.ClH/c1-33-44(69-32-55-33)37-12-13-38(29-54-46(60)41-28-39(58)30-57(41)47(61)45(49(3,4)5)56-48(62)50(51)16-17-50)42(27-37)67-26-25-66-24-23-65-22-21-64-20-19-63-18-6-7-35-8-10-36(11-9-35)31-68-34(2)40(52)14-15-43(53)59;/h8-13,27,32,34,39-41,45,58H,6-7,14-26,28-31,52H2,1-5H3,(H2,53,59)(H,54,60)(H,56,62);1H/t34-,39-,40+,41+,45-;/m1./s1. The molecule has 1 aromatic heterocycles. The van der Waals surface area contributed by atoms with Gasteiger partial charge in [-0.05, 0) is 74.1 Å². The van der Waals surface area contributed by atoms with Gasteiger partial charge in [-0.3, -0.25) is 19.2 Å². The number of primary amides is 1. The number of aryl methyl sites for hydroxylation is 2. The lowest BCUT2D eigenvalue weighted by atomic mass is 9.85. The number of aromatic nitrogens is 1. The third kappa shape index (κ3) is 18.7. The van der Waals surface area contributed by atoms with Gasteiger partial charge in [-0.15, -0.1) is 23.7 Å². The van der Waals surface area contributed by atoms with Crippen LogP contribution in [0.25, 0.3) is 10.4 Å². The van der Waals surface area contributed by atoms with Gasteiger partial charge in [0.2, 0.25) is 17.7 Å². The number of nitrogens with two attached hydrogens (primary N) is 2. The van der Waals surface area contributed by atoms with Crippen LogP contribution in [0.5, 0.6) is 5.75 Å². The average molecular weight is 1020 g/mol. The maximum atomic E-state index is 14.6. The summed E-state index contributed by atoms with van der Waals surface area (Å²) in [5, 5.41) is 16.1. The van der Waals surface area contributed by atoms with Gasteiger partial charge in [0.15, 0.2) is 5.67 Å². The summed E-state index contributed by atoms with van der Waals surface area (Å²) in [4.78, 5) is 57.9. The fraction of sp³-hybridized carbons (Fsp3) is 0.620. The van der Waals surface area contributed by atoms with Crippen molar-refractivity contribution in [3.8, 4) is 16.2 Å². The van der Waals surface area contributed by atoms with Crippen molar-refractivity contribution < 1.29 is 57.1 Å². The molecule has 2 aliphatic rings. The van der Waals surface area contributed by atoms with Crippen LogP contribution in [0, 0.1) is 12.3 Å². The number of ether oxygens (including phenoxy) is 6. The molecule has 0 radical (unpaired) electrons. The van der Waals surface area contributed by atoms with Gasteiger partial charge in [0.05, 0.1) is 81.1 Å². The molecule has 2 aromatic carbocycles. The zero-order chi connectivity index (χ0) is 50.0. The Morgan fingerprint density at radius 1 is 0.943 bits per heavy atom. The topological polar surface area (TPSA) is 236 Å². The summed E-state index contributed by atoms with van der Waals surface area (Å²) >= 11 is 1.51. The summed E-state index contributed by atoms with van der Waals surface area (Å²) in [5.74, 6) is -1.68. The highest BCUT2D eigenvalue weighted by atomic mass is 35.5. The van der Waals surface area contributed by atoms with Gasteiger partial charge in [0.25, 0.3) is 5.91 Å². The van der Waals surface area contributed by atoms with Crippen molar-refractivity contribution >= 4 is 47.4 Å². The van der Waals surface area contributed by atoms with Crippen LogP contribution in [-0.4, -0.2) is 141 Å². The van der Waals surface area contributed by atoms with Gasteiger partial charge in [0.1, 0.15) is 24.4 Å². The van der Waals surface area contributed by atoms with Crippen molar-refractivity contribution in [3.63, 3.8) is 0 Å². The highest BCUT2D eigenvalue weighted by Crippen LogP contribution is 2.40. The summed E-state index contributed by atoms with van der Waals surface area (Å²) in [5.41, 5.74) is 15.1. The first-order valence-corrected chi connectivity index (χ1v) is 24.8. The van der Waals surface area contributed by atoms with Crippen LogP contribution in [0.1, 0.15) is 88.6 Å². The summed E-state index contributed by atoms with van der Waals surface area (Å²) < 4.78 is 49.4. The van der Waals surface area contributed by atoms with E-state index < -0.39 is 47.0 Å². The number of carbonyl (C=O) groups is 4. The Labute approximate surface area is 421 Å². The molecule has 5 atom stereocenters. The molecule has 1 saturated carbocycles. The van der Waals surface area contributed by atoms with Crippen LogP contribution in [0.3, 0.4) is 0 Å². The summed E-state index contributed by atoms with van der Waals surface area (Å²) in [6.45, 7) is 13.2. The lowest BCUT2D eigenvalue weighted by Crippen LogP contribution is -2.59. The highest BCUT2D eigenvalue weighted by molar-refractivity contribution is 7.13. The summed E-state index contributed by atoms with van der Waals surface area (Å²) in [7, 11) is 0. The van der Waals surface area contributed by atoms with E-state index in [-0.39, 0.29) is 82.4 Å². The first-order chi connectivity index (χ1) is 32.9. The van der Waals surface area contributed by atoms with E-state index >= 15 is 0 Å². The van der Waals surface area contributed by atoms with E-state index in [9.17, 15) is 28.7 Å². The minimum absolute atomic E-state index is 0. The Bertz CT molecular complexity index is 2110. The van der Waals surface area contributed by atoms with E-state index in [2.05, 4.69) is 27.8 Å². The van der Waals surface area contributed by atoms with Crippen LogP contribution < -0.4 is 26.8 Å². The van der Waals surface area contributed by atoms with E-state index in [1.165, 1.54) is 21.8 Å². The Kier molecular flexibility index (Phi) is 23.9. The Morgan fingerprint density at radius 2 is 1.56 bits per heavy atom. The molecule has 390 valence electrons. The second-order valence-electron chi connectivity index (χ2n) is 18.8. The minimum atomic E-state index is -1.97. The molecule has 1 saturated heterocycles. The number of halogens is 2. The van der Waals surface area contributed by atoms with Crippen molar-refractivity contribution in [3.05, 3.63) is 70.4 Å². The van der Waals surface area contributed by atoms with Crippen molar-refractivity contribution in [1.29, 1.82) is 0 Å². The van der Waals surface area contributed by atoms with Gasteiger partial charge in [-0.25, -0.2) is 9.37 Å². The molecule has 0 unspecified atom stereocenters. The largest absolute Gasteiger partial charge is 0.491 e. The van der Waals surface area contributed by atoms with Crippen LogP contribution in [0.2, 0.25) is 0 Å². The van der Waals surface area contributed by atoms with Crippen molar-refractivity contribution in [1.82, 2.24) is 20.5 Å². The number of alkyl halides is 1. The average Bonchev–Trinajstić information content (AvgIpc) is 3.72. The number of aliphatic hydroxyl groups excluding tert-OH is 1. The van der Waals surface area contributed by atoms with Crippen LogP contribution in [-0.2, 0) is 62.4 Å². The van der Waals surface area contributed by atoms with Crippen LogP contribution >= 0.6 is 23.7 Å². The maximum Gasteiger partial charge on any atom is 0.258 e. The SMILES string of the molecule is Cc1ncsc1-c1ccc(CNC(=O)[C@@H]2C[C@@H](O)CN2C(=O)[C@@H](NC(=O)C2(F)CC2)C(C)(C)C)c(OCCOCCOCCOCCOCCCc2ccc(CO[C@H](C)[C@@H](N)CCC(N)=O)cc2)c1.Cl. The van der Waals surface area contributed by atoms with E-state index in [1.54, 1.807) is 26.3 Å². The molecule has 20 heteroatoms. The van der Waals surface area contributed by atoms with Gasteiger partial charge < -0.3 is 60.5 Å². The van der Waals surface area contributed by atoms with Crippen LogP contribution in [0.4, 0.5) is 4.39 Å². The zero-order valence-corrected chi connectivity index (χ0v) is 42.8. The molecule has 2 heterocycles. The molecular weight excluding hydrogens is 947 g/mol. The molecule has 0 spiro atoms. The Morgan fingerprint density at radius 3 is 2.14 bits per heavy atom. The van der Waals surface area contributed by atoms with E-state index in [1.807, 2.05) is 44.2 Å². The normalized spacial score (nSPS) is 17.6. The number of rotatable bonds is 31. The molecule has 5 rings (SSSR count). The number of amides is 4. The van der Waals surface area contributed by atoms with Crippen molar-refractivity contribution in [2.24, 2.45) is 16.9 Å². The quantitative estimate of drug-likeness (QED) is 0.0550. The predicted molar refractivity (Wildman–Crippen MR) is 266 cm³/mol. The smallest absolute Gasteiger partial charge is 0.258 e. The zero-order valence-electron chi connectivity index (χ0n) is 41.2. The minimum Gasteiger partial charge on any atom is -0.491 e. The number of hydrogen-bond acceptors (Lipinski definition) is 14. The third-order valence-electron chi connectivity index (χ3n) is 12.1. The molecule has 4 amide bonds. The van der Waals surface area contributed by atoms with E-state index in [0.717, 1.165) is 34.5 Å². The molecule has 3 aromatic rings. The van der Waals surface area contributed by atoms with Gasteiger partial charge in [0, 0.05) is 44.1 Å². The molecule has 7 N–H and O–H groups in total. The molecule has 1 aliphatic heterocycles. The Hall–Kier alpha value is -4.31. The third-order valence-corrected chi connectivity index (χ3v) is 13.1. The molecule has 2 fully saturated rings. The van der Waals surface area contributed by atoms with Gasteiger partial charge >= 0.3 is 0 Å². The lowest BCUT2D eigenvalue weighted by Gasteiger charge is -2.35. The number of aliphatic hydroxyl groups is 1. The number of nitrogens with one attached hydrogen (secondary N) is 2. The predicted octanol–water partition coefficient (Wildman–Crippen LogP) is 4.73. The number of nitrogens with zero attached hydrogens (tertiary/aromatic N) is 2. The fourth-order valence-corrected chi connectivity index (χ4v) is 8.42.